The van der Waals surface area contributed by atoms with E-state index in [1.54, 1.807) is 0 Å². The van der Waals surface area contributed by atoms with E-state index >= 15 is 0 Å². The summed E-state index contributed by atoms with van der Waals surface area (Å²) in [6.07, 6.45) is 7.43. The van der Waals surface area contributed by atoms with Crippen molar-refractivity contribution in [3.8, 4) is 0 Å². The van der Waals surface area contributed by atoms with Crippen molar-refractivity contribution < 1.29 is 4.79 Å². The molecule has 1 heterocycles. The van der Waals surface area contributed by atoms with E-state index in [0.717, 1.165) is 19.0 Å². The van der Waals surface area contributed by atoms with Gasteiger partial charge in [0.25, 0.3) is 0 Å². The summed E-state index contributed by atoms with van der Waals surface area (Å²) < 4.78 is 0. The molecule has 0 aromatic heterocycles. The molecule has 0 radical (unpaired) electrons. The van der Waals surface area contributed by atoms with Gasteiger partial charge >= 0.3 is 0 Å². The summed E-state index contributed by atoms with van der Waals surface area (Å²) >= 11 is 0. The third kappa shape index (κ3) is 2.71. The van der Waals surface area contributed by atoms with Gasteiger partial charge in [-0.05, 0) is 24.8 Å². The molecule has 2 rings (SSSR count). The summed E-state index contributed by atoms with van der Waals surface area (Å²) in [7, 11) is 0. The van der Waals surface area contributed by atoms with Gasteiger partial charge in [-0.25, -0.2) is 0 Å². The van der Waals surface area contributed by atoms with Crippen LogP contribution in [0, 0.1) is 11.8 Å². The number of likely N-dealkylation sites (tertiary alicyclic amines) is 1. The first kappa shape index (κ1) is 10.9. The fourth-order valence-corrected chi connectivity index (χ4v) is 2.87. The van der Waals surface area contributed by atoms with Gasteiger partial charge in [0.2, 0.25) is 5.91 Å². The van der Waals surface area contributed by atoms with Crippen LogP contribution < -0.4 is 5.73 Å². The van der Waals surface area contributed by atoms with Gasteiger partial charge in [0, 0.05) is 19.5 Å². The van der Waals surface area contributed by atoms with Crippen molar-refractivity contribution in [1.82, 2.24) is 4.90 Å². The van der Waals surface area contributed by atoms with E-state index < -0.39 is 0 Å². The number of hydrogen-bond acceptors (Lipinski definition) is 2. The molecule has 0 aromatic carbocycles. The number of nitrogens with two attached hydrogens (primary N) is 1. The lowest BCUT2D eigenvalue weighted by Crippen LogP contribution is -2.28. The van der Waals surface area contributed by atoms with Crippen LogP contribution in [0.25, 0.3) is 0 Å². The summed E-state index contributed by atoms with van der Waals surface area (Å²) in [6, 6.07) is 0. The number of nitrogens with zero attached hydrogens (tertiary/aromatic N) is 1. The van der Waals surface area contributed by atoms with Crippen LogP contribution in [0.1, 0.15) is 38.5 Å². The number of amides is 1. The Kier molecular flexibility index (Phi) is 3.62. The average molecular weight is 210 g/mol. The Labute approximate surface area is 92.0 Å². The minimum Gasteiger partial charge on any atom is -0.342 e. The molecule has 15 heavy (non-hydrogen) atoms. The van der Waals surface area contributed by atoms with Crippen LogP contribution in [-0.2, 0) is 4.79 Å². The van der Waals surface area contributed by atoms with E-state index in [1.165, 1.54) is 32.1 Å². The number of carbonyl (C=O) groups excluding carboxylic acids is 1. The SMILES string of the molecule is NCC1CC(=O)N(CCC2CCCC2)C1. The van der Waals surface area contributed by atoms with E-state index in [4.69, 9.17) is 5.73 Å². The molecule has 1 atom stereocenters. The molecular formula is C12H22N2O. The molecule has 3 nitrogen and oxygen atoms in total. The molecule has 1 aliphatic heterocycles. The Morgan fingerprint density at radius 1 is 1.27 bits per heavy atom. The molecule has 86 valence electrons. The lowest BCUT2D eigenvalue weighted by molar-refractivity contribution is -0.127. The van der Waals surface area contributed by atoms with Gasteiger partial charge in [0.1, 0.15) is 0 Å². The van der Waals surface area contributed by atoms with Crippen LogP contribution in [0.2, 0.25) is 0 Å². The maximum Gasteiger partial charge on any atom is 0.222 e. The van der Waals surface area contributed by atoms with Crippen LogP contribution in [-0.4, -0.2) is 30.4 Å². The van der Waals surface area contributed by atoms with Crippen LogP contribution in [0.4, 0.5) is 0 Å². The zero-order chi connectivity index (χ0) is 10.7. The fourth-order valence-electron chi connectivity index (χ4n) is 2.87. The van der Waals surface area contributed by atoms with Crippen molar-refractivity contribution in [2.75, 3.05) is 19.6 Å². The van der Waals surface area contributed by atoms with E-state index in [0.29, 0.717) is 24.8 Å². The van der Waals surface area contributed by atoms with Crippen molar-refractivity contribution in [3.05, 3.63) is 0 Å². The Bertz CT molecular complexity index is 224. The highest BCUT2D eigenvalue weighted by Crippen LogP contribution is 2.28. The first-order chi connectivity index (χ1) is 7.29. The highest BCUT2D eigenvalue weighted by atomic mass is 16.2. The van der Waals surface area contributed by atoms with Gasteiger partial charge in [0.05, 0.1) is 0 Å². The fraction of sp³-hybridized carbons (Fsp3) is 0.917. The second-order valence-electron chi connectivity index (χ2n) is 5.08. The summed E-state index contributed by atoms with van der Waals surface area (Å²) in [4.78, 5) is 13.6. The number of rotatable bonds is 4. The maximum atomic E-state index is 11.6. The molecule has 0 aromatic rings. The molecular weight excluding hydrogens is 188 g/mol. The Balaban J connectivity index is 1.72. The zero-order valence-electron chi connectivity index (χ0n) is 9.45. The van der Waals surface area contributed by atoms with Gasteiger partial charge in [0.15, 0.2) is 0 Å². The van der Waals surface area contributed by atoms with E-state index in [9.17, 15) is 4.79 Å². The molecule has 1 aliphatic carbocycles. The summed E-state index contributed by atoms with van der Waals surface area (Å²) in [5.41, 5.74) is 5.60. The lowest BCUT2D eigenvalue weighted by atomic mass is 10.0. The van der Waals surface area contributed by atoms with Gasteiger partial charge in [-0.2, -0.15) is 0 Å². The average Bonchev–Trinajstić information content (AvgIpc) is 2.84. The number of hydrogen-bond donors (Lipinski definition) is 1. The topological polar surface area (TPSA) is 46.3 Å². The molecule has 1 amide bonds. The molecule has 2 fully saturated rings. The molecule has 0 bridgehead atoms. The predicted molar refractivity (Wildman–Crippen MR) is 60.3 cm³/mol. The molecule has 1 saturated heterocycles. The predicted octanol–water partition coefficient (Wildman–Crippen LogP) is 1.37. The van der Waals surface area contributed by atoms with Crippen molar-refractivity contribution in [1.29, 1.82) is 0 Å². The van der Waals surface area contributed by atoms with Gasteiger partial charge in [-0.15, -0.1) is 0 Å². The van der Waals surface area contributed by atoms with Crippen LogP contribution in [0.5, 0.6) is 0 Å². The molecule has 2 aliphatic rings. The highest BCUT2D eigenvalue weighted by Gasteiger charge is 2.28. The van der Waals surface area contributed by atoms with Crippen molar-refractivity contribution in [3.63, 3.8) is 0 Å². The van der Waals surface area contributed by atoms with Crippen molar-refractivity contribution in [2.24, 2.45) is 17.6 Å². The monoisotopic (exact) mass is 210 g/mol. The van der Waals surface area contributed by atoms with Crippen molar-refractivity contribution in [2.45, 2.75) is 38.5 Å². The zero-order valence-corrected chi connectivity index (χ0v) is 9.45. The van der Waals surface area contributed by atoms with E-state index in [-0.39, 0.29) is 0 Å². The van der Waals surface area contributed by atoms with Crippen LogP contribution >= 0.6 is 0 Å². The molecule has 1 saturated carbocycles. The third-order valence-electron chi connectivity index (χ3n) is 3.91. The normalized spacial score (nSPS) is 27.9. The maximum absolute atomic E-state index is 11.6. The highest BCUT2D eigenvalue weighted by molar-refractivity contribution is 5.78. The summed E-state index contributed by atoms with van der Waals surface area (Å²) in [5.74, 6) is 1.62. The second-order valence-corrected chi connectivity index (χ2v) is 5.08. The minimum atomic E-state index is 0.323. The third-order valence-corrected chi connectivity index (χ3v) is 3.91. The lowest BCUT2D eigenvalue weighted by Gasteiger charge is -2.18. The smallest absolute Gasteiger partial charge is 0.222 e. The quantitative estimate of drug-likeness (QED) is 0.762. The summed E-state index contributed by atoms with van der Waals surface area (Å²) in [5, 5.41) is 0. The van der Waals surface area contributed by atoms with Crippen LogP contribution in [0.3, 0.4) is 0 Å². The Morgan fingerprint density at radius 2 is 2.00 bits per heavy atom. The van der Waals surface area contributed by atoms with E-state index in [2.05, 4.69) is 0 Å². The molecule has 1 unspecified atom stereocenters. The molecule has 3 heteroatoms. The van der Waals surface area contributed by atoms with Crippen LogP contribution in [0.15, 0.2) is 0 Å². The van der Waals surface area contributed by atoms with Gasteiger partial charge < -0.3 is 10.6 Å². The van der Waals surface area contributed by atoms with Gasteiger partial charge in [-0.1, -0.05) is 25.7 Å². The van der Waals surface area contributed by atoms with E-state index in [1.807, 2.05) is 4.90 Å². The molecule has 0 spiro atoms. The Hall–Kier alpha value is -0.570. The largest absolute Gasteiger partial charge is 0.342 e. The second kappa shape index (κ2) is 4.97. The number of carbonyl (C=O) groups is 1. The first-order valence-corrected chi connectivity index (χ1v) is 6.27. The standard InChI is InChI=1S/C12H22N2O/c13-8-11-7-12(15)14(9-11)6-5-10-3-1-2-4-10/h10-11H,1-9,13H2. The van der Waals surface area contributed by atoms with Crippen molar-refractivity contribution >= 4 is 5.91 Å². The van der Waals surface area contributed by atoms with Gasteiger partial charge in [-0.3, -0.25) is 4.79 Å². The Morgan fingerprint density at radius 3 is 2.60 bits per heavy atom. The minimum absolute atomic E-state index is 0.323. The molecule has 2 N–H and O–H groups in total. The first-order valence-electron chi connectivity index (χ1n) is 6.27. The summed E-state index contributed by atoms with van der Waals surface area (Å²) in [6.45, 7) is 2.54.